The highest BCUT2D eigenvalue weighted by atomic mass is 16.7. The van der Waals surface area contributed by atoms with E-state index in [0.717, 1.165) is 30.5 Å². The lowest BCUT2D eigenvalue weighted by atomic mass is 9.81. The monoisotopic (exact) mass is 381 g/mol. The average Bonchev–Trinajstić information content (AvgIpc) is 3.00. The third kappa shape index (κ3) is 4.54. The van der Waals surface area contributed by atoms with Crippen LogP contribution in [0.25, 0.3) is 0 Å². The number of anilines is 1. The van der Waals surface area contributed by atoms with Crippen molar-refractivity contribution in [2.24, 2.45) is 0 Å². The maximum atomic E-state index is 12.0. The predicted molar refractivity (Wildman–Crippen MR) is 107 cm³/mol. The Labute approximate surface area is 166 Å². The minimum atomic E-state index is -0.474. The van der Waals surface area contributed by atoms with Gasteiger partial charge in [-0.1, -0.05) is 42.5 Å². The number of amides is 1. The molecule has 2 aliphatic rings. The van der Waals surface area contributed by atoms with Crippen LogP contribution in [0.2, 0.25) is 0 Å². The molecule has 2 aromatic carbocycles. The number of benzene rings is 2. The van der Waals surface area contributed by atoms with Gasteiger partial charge in [-0.05, 0) is 62.3 Å². The molecule has 1 saturated heterocycles. The number of fused-ring (bicyclic) bond motifs is 1. The highest BCUT2D eigenvalue weighted by Gasteiger charge is 2.44. The number of hydrogen-bond donors (Lipinski definition) is 1. The normalized spacial score (nSPS) is 25.7. The second-order valence-electron chi connectivity index (χ2n) is 8.03. The summed E-state index contributed by atoms with van der Waals surface area (Å²) in [6.07, 6.45) is 3.01. The summed E-state index contributed by atoms with van der Waals surface area (Å²) >= 11 is 0. The van der Waals surface area contributed by atoms with Crippen molar-refractivity contribution in [1.82, 2.24) is 0 Å². The molecule has 0 spiro atoms. The molecule has 4 rings (SSSR count). The van der Waals surface area contributed by atoms with E-state index in [2.05, 4.69) is 17.4 Å². The van der Waals surface area contributed by atoms with Crippen LogP contribution in [0.5, 0.6) is 0 Å². The van der Waals surface area contributed by atoms with Crippen molar-refractivity contribution in [3.05, 3.63) is 65.7 Å². The summed E-state index contributed by atoms with van der Waals surface area (Å²) in [6.45, 7) is 4.23. The summed E-state index contributed by atoms with van der Waals surface area (Å²) in [7, 11) is 0. The van der Waals surface area contributed by atoms with Crippen molar-refractivity contribution < 1.29 is 19.0 Å². The van der Waals surface area contributed by atoms with Gasteiger partial charge in [-0.3, -0.25) is 5.32 Å². The van der Waals surface area contributed by atoms with Gasteiger partial charge in [0, 0.05) is 5.69 Å². The van der Waals surface area contributed by atoms with Gasteiger partial charge in [-0.25, -0.2) is 4.79 Å². The van der Waals surface area contributed by atoms with Crippen molar-refractivity contribution in [3.63, 3.8) is 0 Å². The molecular weight excluding hydrogens is 354 g/mol. The second kappa shape index (κ2) is 7.94. The zero-order valence-corrected chi connectivity index (χ0v) is 16.4. The van der Waals surface area contributed by atoms with Crippen molar-refractivity contribution >= 4 is 11.8 Å². The Balaban J connectivity index is 1.30. The first-order valence-corrected chi connectivity index (χ1v) is 9.92. The van der Waals surface area contributed by atoms with Crippen molar-refractivity contribution in [2.45, 2.75) is 63.6 Å². The molecule has 1 aliphatic carbocycles. The van der Waals surface area contributed by atoms with Gasteiger partial charge in [0.1, 0.15) is 6.61 Å². The smallest absolute Gasteiger partial charge is 0.411 e. The van der Waals surface area contributed by atoms with Crippen molar-refractivity contribution in [3.8, 4) is 0 Å². The maximum Gasteiger partial charge on any atom is 0.411 e. The Morgan fingerprint density at radius 3 is 2.50 bits per heavy atom. The fraction of sp³-hybridized carbons (Fsp3) is 0.435. The van der Waals surface area contributed by atoms with Gasteiger partial charge in [0.2, 0.25) is 0 Å². The van der Waals surface area contributed by atoms with E-state index >= 15 is 0 Å². The van der Waals surface area contributed by atoms with E-state index in [1.54, 1.807) is 0 Å². The molecule has 5 nitrogen and oxygen atoms in total. The molecule has 1 aliphatic heterocycles. The fourth-order valence-electron chi connectivity index (χ4n) is 4.14. The van der Waals surface area contributed by atoms with E-state index in [0.29, 0.717) is 5.92 Å². The largest absolute Gasteiger partial charge is 0.444 e. The third-order valence-corrected chi connectivity index (χ3v) is 5.44. The van der Waals surface area contributed by atoms with E-state index in [1.807, 2.05) is 56.3 Å². The minimum absolute atomic E-state index is 0.166. The van der Waals surface area contributed by atoms with Gasteiger partial charge in [0.05, 0.1) is 12.2 Å². The molecule has 1 amide bonds. The van der Waals surface area contributed by atoms with Gasteiger partial charge >= 0.3 is 6.09 Å². The van der Waals surface area contributed by atoms with Crippen LogP contribution in [0, 0.1) is 0 Å². The minimum Gasteiger partial charge on any atom is -0.444 e. The maximum absolute atomic E-state index is 12.0. The number of rotatable bonds is 4. The van der Waals surface area contributed by atoms with Crippen LogP contribution in [0.15, 0.2) is 54.6 Å². The molecule has 0 aromatic heterocycles. The van der Waals surface area contributed by atoms with Gasteiger partial charge in [0.15, 0.2) is 5.79 Å². The van der Waals surface area contributed by atoms with Gasteiger partial charge < -0.3 is 14.2 Å². The summed E-state index contributed by atoms with van der Waals surface area (Å²) in [6, 6.07) is 17.7. The zero-order valence-electron chi connectivity index (χ0n) is 16.4. The Morgan fingerprint density at radius 2 is 1.75 bits per heavy atom. The number of carbonyl (C=O) groups excluding carboxylic acids is 1. The molecule has 1 heterocycles. The van der Waals surface area contributed by atoms with Gasteiger partial charge in [-0.2, -0.15) is 0 Å². The zero-order chi connectivity index (χ0) is 19.6. The van der Waals surface area contributed by atoms with E-state index in [1.165, 1.54) is 5.56 Å². The Kier molecular flexibility index (Phi) is 5.38. The Morgan fingerprint density at radius 1 is 1.04 bits per heavy atom. The summed E-state index contributed by atoms with van der Waals surface area (Å²) < 4.78 is 17.3. The number of ether oxygens (including phenoxy) is 3. The molecule has 28 heavy (non-hydrogen) atoms. The highest BCUT2D eigenvalue weighted by Crippen LogP contribution is 2.42. The van der Waals surface area contributed by atoms with E-state index in [-0.39, 0.29) is 18.8 Å². The summed E-state index contributed by atoms with van der Waals surface area (Å²) in [5.74, 6) is -0.0178. The van der Waals surface area contributed by atoms with Gasteiger partial charge in [-0.15, -0.1) is 0 Å². The Hall–Kier alpha value is -2.37. The van der Waals surface area contributed by atoms with Crippen LogP contribution in [0.3, 0.4) is 0 Å². The molecule has 1 N–H and O–H groups in total. The lowest BCUT2D eigenvalue weighted by Gasteiger charge is -2.29. The van der Waals surface area contributed by atoms with Crippen LogP contribution in [0.1, 0.15) is 50.2 Å². The summed E-state index contributed by atoms with van der Waals surface area (Å²) in [5, 5.41) is 2.78. The molecule has 0 radical (unpaired) electrons. The average molecular weight is 381 g/mol. The molecular formula is C23H27NO4. The first kappa shape index (κ1) is 19.0. The Bertz CT molecular complexity index is 803. The molecule has 5 heteroatoms. The van der Waals surface area contributed by atoms with Gasteiger partial charge in [0.25, 0.3) is 0 Å². The molecule has 148 valence electrons. The predicted octanol–water partition coefficient (Wildman–Crippen LogP) is 5.22. The lowest BCUT2D eigenvalue weighted by molar-refractivity contribution is -0.145. The summed E-state index contributed by atoms with van der Waals surface area (Å²) in [4.78, 5) is 12.0. The van der Waals surface area contributed by atoms with Crippen molar-refractivity contribution in [2.75, 3.05) is 5.32 Å². The van der Waals surface area contributed by atoms with Crippen LogP contribution < -0.4 is 5.32 Å². The lowest BCUT2D eigenvalue weighted by Crippen LogP contribution is -2.30. The molecule has 2 unspecified atom stereocenters. The number of nitrogens with one attached hydrogen (secondary N) is 1. The first-order chi connectivity index (χ1) is 13.5. The SMILES string of the molecule is CC1(C)OC2CCC(c3ccc(NC(=O)OCc4ccccc4)cc3)C[C@@H]2O1. The summed E-state index contributed by atoms with van der Waals surface area (Å²) in [5.41, 5.74) is 2.97. The van der Waals surface area contributed by atoms with E-state index < -0.39 is 11.9 Å². The molecule has 3 atom stereocenters. The molecule has 2 aromatic rings. The van der Waals surface area contributed by atoms with Crippen LogP contribution in [0.4, 0.5) is 10.5 Å². The first-order valence-electron chi connectivity index (χ1n) is 9.92. The molecule has 1 saturated carbocycles. The van der Waals surface area contributed by atoms with E-state index in [9.17, 15) is 4.79 Å². The van der Waals surface area contributed by atoms with Crippen molar-refractivity contribution in [1.29, 1.82) is 0 Å². The standard InChI is InChI=1S/C23H27NO4/c1-23(2)27-20-13-10-18(14-21(20)28-23)17-8-11-19(12-9-17)24-22(25)26-15-16-6-4-3-5-7-16/h3-9,11-12,18,20-21H,10,13-15H2,1-2H3,(H,24,25)/t18?,20?,21-/m0/s1. The molecule has 0 bridgehead atoms. The third-order valence-electron chi connectivity index (χ3n) is 5.44. The number of carbonyl (C=O) groups is 1. The van der Waals surface area contributed by atoms with Crippen LogP contribution in [-0.2, 0) is 20.8 Å². The second-order valence-corrected chi connectivity index (χ2v) is 8.03. The number of hydrogen-bond acceptors (Lipinski definition) is 4. The quantitative estimate of drug-likeness (QED) is 0.788. The highest BCUT2D eigenvalue weighted by molar-refractivity contribution is 5.84. The van der Waals surface area contributed by atoms with Crippen LogP contribution in [-0.4, -0.2) is 24.1 Å². The topological polar surface area (TPSA) is 56.8 Å². The van der Waals surface area contributed by atoms with Crippen LogP contribution >= 0.6 is 0 Å². The molecule has 2 fully saturated rings. The fourth-order valence-corrected chi connectivity index (χ4v) is 4.14. The van der Waals surface area contributed by atoms with E-state index in [4.69, 9.17) is 14.2 Å².